The van der Waals surface area contributed by atoms with Crippen molar-refractivity contribution in [2.45, 2.75) is 6.54 Å². The van der Waals surface area contributed by atoms with Gasteiger partial charge < -0.3 is 4.90 Å². The maximum atomic E-state index is 13.9. The van der Waals surface area contributed by atoms with Crippen LogP contribution in [0.5, 0.6) is 0 Å². The van der Waals surface area contributed by atoms with Gasteiger partial charge in [-0.2, -0.15) is 0 Å². The molecule has 21 heavy (non-hydrogen) atoms. The standard InChI is InChI=1S/C16H17ClFN3/c17-14-10-15(18)16(19-11-14)21-8-6-20(7-9-21)12-13-4-2-1-3-5-13/h1-5,10-11H,6-9,12H2. The molecule has 0 bridgehead atoms. The summed E-state index contributed by atoms with van der Waals surface area (Å²) in [6.45, 7) is 4.29. The molecule has 1 saturated heterocycles. The van der Waals surface area contributed by atoms with Gasteiger partial charge in [-0.05, 0) is 11.6 Å². The smallest absolute Gasteiger partial charge is 0.167 e. The first kappa shape index (κ1) is 14.3. The Labute approximate surface area is 129 Å². The van der Waals surface area contributed by atoms with E-state index in [0.29, 0.717) is 10.8 Å². The molecule has 1 aromatic heterocycles. The fourth-order valence-corrected chi connectivity index (χ4v) is 2.74. The molecule has 0 amide bonds. The van der Waals surface area contributed by atoms with Crippen LogP contribution in [0.3, 0.4) is 0 Å². The first-order valence-electron chi connectivity index (χ1n) is 7.04. The fraction of sp³-hybridized carbons (Fsp3) is 0.312. The van der Waals surface area contributed by atoms with Gasteiger partial charge in [0, 0.05) is 38.9 Å². The first-order chi connectivity index (χ1) is 10.2. The summed E-state index contributed by atoms with van der Waals surface area (Å²) in [5.74, 6) is 0.0535. The lowest BCUT2D eigenvalue weighted by Gasteiger charge is -2.35. The zero-order valence-electron chi connectivity index (χ0n) is 11.7. The van der Waals surface area contributed by atoms with Crippen molar-refractivity contribution in [2.24, 2.45) is 0 Å². The van der Waals surface area contributed by atoms with Gasteiger partial charge in [0.25, 0.3) is 0 Å². The van der Waals surface area contributed by atoms with Crippen LogP contribution in [-0.4, -0.2) is 36.1 Å². The van der Waals surface area contributed by atoms with Crippen LogP contribution in [0.4, 0.5) is 10.2 Å². The van der Waals surface area contributed by atoms with E-state index in [1.165, 1.54) is 17.8 Å². The Hall–Kier alpha value is -1.65. The molecular formula is C16H17ClFN3. The number of benzene rings is 1. The van der Waals surface area contributed by atoms with Crippen LogP contribution < -0.4 is 4.90 Å². The molecule has 3 nitrogen and oxygen atoms in total. The second kappa shape index (κ2) is 6.41. The summed E-state index contributed by atoms with van der Waals surface area (Å²) >= 11 is 5.74. The van der Waals surface area contributed by atoms with Crippen molar-refractivity contribution in [3.63, 3.8) is 0 Å². The van der Waals surface area contributed by atoms with Crippen LogP contribution in [-0.2, 0) is 6.54 Å². The molecule has 0 aliphatic carbocycles. The zero-order valence-corrected chi connectivity index (χ0v) is 12.4. The molecule has 1 aliphatic rings. The van der Waals surface area contributed by atoms with E-state index in [9.17, 15) is 4.39 Å². The molecule has 0 spiro atoms. The summed E-state index contributed by atoms with van der Waals surface area (Å²) < 4.78 is 13.9. The number of pyridine rings is 1. The van der Waals surface area contributed by atoms with E-state index in [4.69, 9.17) is 11.6 Å². The van der Waals surface area contributed by atoms with Crippen LogP contribution >= 0.6 is 11.6 Å². The summed E-state index contributed by atoms with van der Waals surface area (Å²) in [7, 11) is 0. The van der Waals surface area contributed by atoms with Crippen molar-refractivity contribution in [1.29, 1.82) is 0 Å². The Bertz CT molecular complexity index is 598. The number of nitrogens with zero attached hydrogens (tertiary/aromatic N) is 3. The van der Waals surface area contributed by atoms with E-state index in [1.807, 2.05) is 11.0 Å². The minimum Gasteiger partial charge on any atom is -0.352 e. The average molecular weight is 306 g/mol. The second-order valence-corrected chi connectivity index (χ2v) is 5.64. The number of anilines is 1. The number of halogens is 2. The van der Waals surface area contributed by atoms with Crippen LogP contribution in [0.25, 0.3) is 0 Å². The molecule has 2 aromatic rings. The SMILES string of the molecule is Fc1cc(Cl)cnc1N1CCN(Cc2ccccc2)CC1. The maximum absolute atomic E-state index is 13.9. The molecule has 1 fully saturated rings. The Morgan fingerprint density at radius 1 is 1.10 bits per heavy atom. The summed E-state index contributed by atoms with van der Waals surface area (Å²) in [4.78, 5) is 8.46. The third kappa shape index (κ3) is 3.52. The molecule has 1 aliphatic heterocycles. The lowest BCUT2D eigenvalue weighted by atomic mass is 10.2. The predicted octanol–water partition coefficient (Wildman–Crippen LogP) is 3.20. The third-order valence-corrected chi connectivity index (χ3v) is 3.92. The quantitative estimate of drug-likeness (QED) is 0.868. The number of piperazine rings is 1. The molecule has 1 aromatic carbocycles. The monoisotopic (exact) mass is 305 g/mol. The Morgan fingerprint density at radius 3 is 2.48 bits per heavy atom. The van der Waals surface area contributed by atoms with Gasteiger partial charge in [0.15, 0.2) is 11.6 Å². The molecule has 110 valence electrons. The van der Waals surface area contributed by atoms with Crippen LogP contribution in [0.2, 0.25) is 5.02 Å². The molecule has 0 saturated carbocycles. The molecule has 0 radical (unpaired) electrons. The van der Waals surface area contributed by atoms with Crippen molar-refractivity contribution in [1.82, 2.24) is 9.88 Å². The van der Waals surface area contributed by atoms with Gasteiger partial charge in [-0.15, -0.1) is 0 Å². The van der Waals surface area contributed by atoms with Crippen LogP contribution in [0.15, 0.2) is 42.6 Å². The highest BCUT2D eigenvalue weighted by molar-refractivity contribution is 6.30. The summed E-state index contributed by atoms with van der Waals surface area (Å²) in [6.07, 6.45) is 1.50. The van der Waals surface area contributed by atoms with Crippen LogP contribution in [0.1, 0.15) is 5.56 Å². The van der Waals surface area contributed by atoms with E-state index in [2.05, 4.69) is 34.1 Å². The predicted molar refractivity (Wildman–Crippen MR) is 83.1 cm³/mol. The molecule has 0 unspecified atom stereocenters. The van der Waals surface area contributed by atoms with Crippen molar-refractivity contribution in [2.75, 3.05) is 31.1 Å². The second-order valence-electron chi connectivity index (χ2n) is 5.21. The van der Waals surface area contributed by atoms with Gasteiger partial charge in [-0.1, -0.05) is 41.9 Å². The summed E-state index contributed by atoms with van der Waals surface area (Å²) in [5, 5.41) is 0.332. The Balaban J connectivity index is 1.60. The lowest BCUT2D eigenvalue weighted by Crippen LogP contribution is -2.46. The summed E-state index contributed by atoms with van der Waals surface area (Å²) in [6, 6.07) is 11.7. The molecule has 3 rings (SSSR count). The van der Waals surface area contributed by atoms with Gasteiger partial charge >= 0.3 is 0 Å². The highest BCUT2D eigenvalue weighted by Gasteiger charge is 2.20. The Kier molecular flexibility index (Phi) is 4.36. The molecule has 5 heteroatoms. The van der Waals surface area contributed by atoms with Gasteiger partial charge in [-0.3, -0.25) is 4.90 Å². The highest BCUT2D eigenvalue weighted by atomic mass is 35.5. The largest absolute Gasteiger partial charge is 0.352 e. The molecule has 2 heterocycles. The minimum atomic E-state index is -0.348. The highest BCUT2D eigenvalue weighted by Crippen LogP contribution is 2.21. The zero-order chi connectivity index (χ0) is 14.7. The van der Waals surface area contributed by atoms with E-state index >= 15 is 0 Å². The lowest BCUT2D eigenvalue weighted by molar-refractivity contribution is 0.248. The van der Waals surface area contributed by atoms with Crippen LogP contribution in [0, 0.1) is 5.82 Å². The minimum absolute atomic E-state index is 0.332. The topological polar surface area (TPSA) is 19.4 Å². The normalized spacial score (nSPS) is 16.2. The van der Waals surface area contributed by atoms with E-state index in [0.717, 1.165) is 32.7 Å². The van der Waals surface area contributed by atoms with Crippen molar-refractivity contribution >= 4 is 17.4 Å². The fourth-order valence-electron chi connectivity index (χ4n) is 2.60. The maximum Gasteiger partial charge on any atom is 0.167 e. The van der Waals surface area contributed by atoms with E-state index in [-0.39, 0.29) is 5.82 Å². The van der Waals surface area contributed by atoms with E-state index in [1.54, 1.807) is 0 Å². The van der Waals surface area contributed by atoms with Gasteiger partial charge in [0.05, 0.1) is 5.02 Å². The third-order valence-electron chi connectivity index (χ3n) is 3.71. The van der Waals surface area contributed by atoms with E-state index < -0.39 is 0 Å². The molecule has 0 atom stereocenters. The molecule has 0 N–H and O–H groups in total. The first-order valence-corrected chi connectivity index (χ1v) is 7.42. The van der Waals surface area contributed by atoms with Gasteiger partial charge in [0.1, 0.15) is 0 Å². The Morgan fingerprint density at radius 2 is 1.81 bits per heavy atom. The summed E-state index contributed by atoms with van der Waals surface area (Å²) in [5.41, 5.74) is 1.31. The van der Waals surface area contributed by atoms with Crippen molar-refractivity contribution in [3.05, 3.63) is 59.0 Å². The van der Waals surface area contributed by atoms with Gasteiger partial charge in [-0.25, -0.2) is 9.37 Å². The number of rotatable bonds is 3. The van der Waals surface area contributed by atoms with Crippen molar-refractivity contribution < 1.29 is 4.39 Å². The molecular weight excluding hydrogens is 289 g/mol. The average Bonchev–Trinajstić information content (AvgIpc) is 2.49. The van der Waals surface area contributed by atoms with Gasteiger partial charge in [0.2, 0.25) is 0 Å². The number of hydrogen-bond acceptors (Lipinski definition) is 3. The number of hydrogen-bond donors (Lipinski definition) is 0. The number of aromatic nitrogens is 1. The van der Waals surface area contributed by atoms with Crippen molar-refractivity contribution in [3.8, 4) is 0 Å².